The minimum atomic E-state index is -0.321. The lowest BCUT2D eigenvalue weighted by Gasteiger charge is -2.27. The molecule has 1 amide bonds. The summed E-state index contributed by atoms with van der Waals surface area (Å²) in [5.74, 6) is 0.303. The van der Waals surface area contributed by atoms with Crippen LogP contribution in [0.5, 0.6) is 0 Å². The second kappa shape index (κ2) is 7.35. The van der Waals surface area contributed by atoms with Crippen molar-refractivity contribution >= 4 is 23.2 Å². The molecule has 1 fully saturated rings. The molecule has 0 spiro atoms. The highest BCUT2D eigenvalue weighted by Gasteiger charge is 2.27. The molecule has 3 rings (SSSR count). The molecule has 1 saturated carbocycles. The SMILES string of the molecule is CC1CCCCC1C(=O)Nc1ccc(-c2cc(F)ccc2Cl)cc1. The summed E-state index contributed by atoms with van der Waals surface area (Å²) in [5.41, 5.74) is 2.23. The molecule has 2 aromatic rings. The monoisotopic (exact) mass is 345 g/mol. The first-order chi connectivity index (χ1) is 11.5. The van der Waals surface area contributed by atoms with Crippen LogP contribution >= 0.6 is 11.6 Å². The van der Waals surface area contributed by atoms with Gasteiger partial charge in [-0.05, 0) is 54.7 Å². The molecule has 1 aliphatic rings. The van der Waals surface area contributed by atoms with Gasteiger partial charge in [-0.25, -0.2) is 4.39 Å². The normalized spacial score (nSPS) is 20.6. The Hall–Kier alpha value is -1.87. The number of carbonyl (C=O) groups is 1. The predicted octanol–water partition coefficient (Wildman–Crippen LogP) is 5.91. The van der Waals surface area contributed by atoms with Gasteiger partial charge in [0.05, 0.1) is 0 Å². The Kier molecular flexibility index (Phi) is 5.20. The minimum absolute atomic E-state index is 0.0936. The molecule has 1 aliphatic carbocycles. The molecule has 2 unspecified atom stereocenters. The predicted molar refractivity (Wildman–Crippen MR) is 96.6 cm³/mol. The van der Waals surface area contributed by atoms with Gasteiger partial charge in [0.1, 0.15) is 5.82 Å². The molecule has 2 aromatic carbocycles. The molecule has 0 aromatic heterocycles. The summed E-state index contributed by atoms with van der Waals surface area (Å²) in [6.45, 7) is 2.15. The van der Waals surface area contributed by atoms with E-state index in [-0.39, 0.29) is 17.6 Å². The molecular weight excluding hydrogens is 325 g/mol. The lowest BCUT2D eigenvalue weighted by molar-refractivity contribution is -0.122. The highest BCUT2D eigenvalue weighted by Crippen LogP contribution is 2.32. The van der Waals surface area contributed by atoms with Crippen molar-refractivity contribution in [3.05, 3.63) is 53.3 Å². The third-order valence-electron chi connectivity index (χ3n) is 4.84. The molecule has 1 N–H and O–H groups in total. The van der Waals surface area contributed by atoms with Gasteiger partial charge >= 0.3 is 0 Å². The van der Waals surface area contributed by atoms with Crippen LogP contribution in [-0.4, -0.2) is 5.91 Å². The first-order valence-electron chi connectivity index (χ1n) is 8.41. The maximum absolute atomic E-state index is 13.4. The number of hydrogen-bond acceptors (Lipinski definition) is 1. The van der Waals surface area contributed by atoms with Crippen molar-refractivity contribution in [3.63, 3.8) is 0 Å². The Morgan fingerprint density at radius 2 is 1.83 bits per heavy atom. The van der Waals surface area contributed by atoms with Crippen molar-refractivity contribution in [1.82, 2.24) is 0 Å². The van der Waals surface area contributed by atoms with E-state index in [1.54, 1.807) is 6.07 Å². The highest BCUT2D eigenvalue weighted by molar-refractivity contribution is 6.33. The van der Waals surface area contributed by atoms with Crippen molar-refractivity contribution in [2.75, 3.05) is 5.32 Å². The number of benzene rings is 2. The van der Waals surface area contributed by atoms with E-state index in [0.717, 1.165) is 30.5 Å². The van der Waals surface area contributed by atoms with Crippen LogP contribution in [0.15, 0.2) is 42.5 Å². The van der Waals surface area contributed by atoms with Gasteiger partial charge in [-0.2, -0.15) is 0 Å². The van der Waals surface area contributed by atoms with Crippen molar-refractivity contribution in [2.45, 2.75) is 32.6 Å². The molecule has 126 valence electrons. The van der Waals surface area contributed by atoms with E-state index in [1.165, 1.54) is 18.6 Å². The van der Waals surface area contributed by atoms with Crippen molar-refractivity contribution in [1.29, 1.82) is 0 Å². The summed E-state index contributed by atoms with van der Waals surface area (Å²) >= 11 is 6.14. The Balaban J connectivity index is 1.72. The van der Waals surface area contributed by atoms with E-state index in [0.29, 0.717) is 16.5 Å². The number of halogens is 2. The van der Waals surface area contributed by atoms with Crippen LogP contribution in [0.1, 0.15) is 32.6 Å². The molecule has 0 saturated heterocycles. The minimum Gasteiger partial charge on any atom is -0.326 e. The standard InChI is InChI=1S/C20H21ClFNO/c1-13-4-2-3-5-17(13)20(24)23-16-9-6-14(7-10-16)18-12-15(22)8-11-19(18)21/h6-13,17H,2-5H2,1H3,(H,23,24). The summed E-state index contributed by atoms with van der Waals surface area (Å²) in [7, 11) is 0. The number of nitrogens with one attached hydrogen (secondary N) is 1. The quantitative estimate of drug-likeness (QED) is 0.736. The third-order valence-corrected chi connectivity index (χ3v) is 5.17. The summed E-state index contributed by atoms with van der Waals surface area (Å²) < 4.78 is 13.4. The van der Waals surface area contributed by atoms with Gasteiger partial charge in [0.2, 0.25) is 5.91 Å². The first-order valence-corrected chi connectivity index (χ1v) is 8.79. The van der Waals surface area contributed by atoms with Crippen molar-refractivity contribution in [2.24, 2.45) is 11.8 Å². The summed E-state index contributed by atoms with van der Waals surface area (Å²) in [6.07, 6.45) is 4.42. The summed E-state index contributed by atoms with van der Waals surface area (Å²) in [4.78, 5) is 12.4. The largest absolute Gasteiger partial charge is 0.326 e. The van der Waals surface area contributed by atoms with Crippen molar-refractivity contribution < 1.29 is 9.18 Å². The summed E-state index contributed by atoms with van der Waals surface area (Å²) in [5, 5.41) is 3.50. The number of hydrogen-bond donors (Lipinski definition) is 1. The van der Waals surface area contributed by atoms with Crippen LogP contribution in [0.3, 0.4) is 0 Å². The average molecular weight is 346 g/mol. The lowest BCUT2D eigenvalue weighted by atomic mass is 9.80. The van der Waals surface area contributed by atoms with Crippen LogP contribution in [0.25, 0.3) is 11.1 Å². The van der Waals surface area contributed by atoms with Gasteiger partial charge in [-0.15, -0.1) is 0 Å². The first kappa shape index (κ1) is 17.0. The smallest absolute Gasteiger partial charge is 0.227 e. The van der Waals surface area contributed by atoms with E-state index >= 15 is 0 Å². The Morgan fingerprint density at radius 3 is 2.54 bits per heavy atom. The fraction of sp³-hybridized carbons (Fsp3) is 0.350. The second-order valence-corrected chi connectivity index (χ2v) is 6.97. The van der Waals surface area contributed by atoms with E-state index in [2.05, 4.69) is 12.2 Å². The molecule has 0 bridgehead atoms. The van der Waals surface area contributed by atoms with Crippen LogP contribution in [0, 0.1) is 17.7 Å². The van der Waals surface area contributed by atoms with Crippen LogP contribution in [0.4, 0.5) is 10.1 Å². The van der Waals surface area contributed by atoms with Crippen LogP contribution in [0.2, 0.25) is 5.02 Å². The number of carbonyl (C=O) groups excluding carboxylic acids is 1. The van der Waals surface area contributed by atoms with E-state index in [1.807, 2.05) is 24.3 Å². The maximum atomic E-state index is 13.4. The van der Waals surface area contributed by atoms with Gasteiger partial charge < -0.3 is 5.32 Å². The molecule has 2 atom stereocenters. The lowest BCUT2D eigenvalue weighted by Crippen LogP contribution is -2.30. The van der Waals surface area contributed by atoms with E-state index < -0.39 is 0 Å². The van der Waals surface area contributed by atoms with Gasteiger partial charge in [0.15, 0.2) is 0 Å². The van der Waals surface area contributed by atoms with Crippen LogP contribution < -0.4 is 5.32 Å². The number of rotatable bonds is 3. The van der Waals surface area contributed by atoms with Gasteiger partial charge in [-0.1, -0.05) is 43.5 Å². The van der Waals surface area contributed by atoms with Crippen molar-refractivity contribution in [3.8, 4) is 11.1 Å². The van der Waals surface area contributed by atoms with E-state index in [4.69, 9.17) is 11.6 Å². The van der Waals surface area contributed by atoms with Gasteiger partial charge in [-0.3, -0.25) is 4.79 Å². The zero-order valence-electron chi connectivity index (χ0n) is 13.7. The molecule has 0 aliphatic heterocycles. The Bertz CT molecular complexity index is 729. The molecule has 24 heavy (non-hydrogen) atoms. The maximum Gasteiger partial charge on any atom is 0.227 e. The molecule has 0 radical (unpaired) electrons. The number of amides is 1. The fourth-order valence-corrected chi connectivity index (χ4v) is 3.62. The highest BCUT2D eigenvalue weighted by atomic mass is 35.5. The van der Waals surface area contributed by atoms with E-state index in [9.17, 15) is 9.18 Å². The molecule has 2 nitrogen and oxygen atoms in total. The summed E-state index contributed by atoms with van der Waals surface area (Å²) in [6, 6.07) is 11.7. The molecular formula is C20H21ClFNO. The average Bonchev–Trinajstić information content (AvgIpc) is 2.58. The van der Waals surface area contributed by atoms with Crippen LogP contribution in [-0.2, 0) is 4.79 Å². The topological polar surface area (TPSA) is 29.1 Å². The van der Waals surface area contributed by atoms with Gasteiger partial charge in [0, 0.05) is 22.2 Å². The molecule has 0 heterocycles. The fourth-order valence-electron chi connectivity index (χ4n) is 3.39. The zero-order chi connectivity index (χ0) is 17.1. The molecule has 4 heteroatoms. The zero-order valence-corrected chi connectivity index (χ0v) is 14.4. The third kappa shape index (κ3) is 3.78. The second-order valence-electron chi connectivity index (χ2n) is 6.56. The Morgan fingerprint density at radius 1 is 1.12 bits per heavy atom. The van der Waals surface area contributed by atoms with Gasteiger partial charge in [0.25, 0.3) is 0 Å². The number of anilines is 1. The Labute approximate surface area is 147 Å².